The van der Waals surface area contributed by atoms with E-state index in [1.807, 2.05) is 6.07 Å². The third-order valence-corrected chi connectivity index (χ3v) is 3.53. The molecular formula is C17H19NO. The SMILES string of the molecule is Cc1cccc(C2NCCCOc3ccccc32)c1. The second-order valence-electron chi connectivity index (χ2n) is 5.04. The second-order valence-corrected chi connectivity index (χ2v) is 5.04. The maximum Gasteiger partial charge on any atom is 0.124 e. The normalized spacial score (nSPS) is 18.9. The molecule has 2 aromatic rings. The Morgan fingerprint density at radius 2 is 2.00 bits per heavy atom. The third-order valence-electron chi connectivity index (χ3n) is 3.53. The highest BCUT2D eigenvalue weighted by atomic mass is 16.5. The number of ether oxygens (including phenoxy) is 1. The molecule has 0 aliphatic carbocycles. The molecule has 1 unspecified atom stereocenters. The van der Waals surface area contributed by atoms with Crippen LogP contribution >= 0.6 is 0 Å². The van der Waals surface area contributed by atoms with Gasteiger partial charge in [0.2, 0.25) is 0 Å². The van der Waals surface area contributed by atoms with Gasteiger partial charge >= 0.3 is 0 Å². The van der Waals surface area contributed by atoms with Gasteiger partial charge in [-0.3, -0.25) is 0 Å². The second kappa shape index (κ2) is 5.45. The van der Waals surface area contributed by atoms with E-state index < -0.39 is 0 Å². The number of rotatable bonds is 1. The molecular weight excluding hydrogens is 234 g/mol. The molecule has 2 aromatic carbocycles. The van der Waals surface area contributed by atoms with Crippen molar-refractivity contribution in [2.24, 2.45) is 0 Å². The van der Waals surface area contributed by atoms with Crippen LogP contribution in [0.2, 0.25) is 0 Å². The van der Waals surface area contributed by atoms with Gasteiger partial charge in [-0.25, -0.2) is 0 Å². The Hall–Kier alpha value is -1.80. The van der Waals surface area contributed by atoms with Gasteiger partial charge in [-0.2, -0.15) is 0 Å². The molecule has 2 nitrogen and oxygen atoms in total. The quantitative estimate of drug-likeness (QED) is 0.840. The van der Waals surface area contributed by atoms with Crippen LogP contribution in [0.5, 0.6) is 5.75 Å². The molecule has 19 heavy (non-hydrogen) atoms. The highest BCUT2D eigenvalue weighted by molar-refractivity contribution is 5.42. The number of hydrogen-bond acceptors (Lipinski definition) is 2. The van der Waals surface area contributed by atoms with Crippen LogP contribution in [0.4, 0.5) is 0 Å². The summed E-state index contributed by atoms with van der Waals surface area (Å²) in [6.45, 7) is 3.90. The maximum atomic E-state index is 5.87. The molecule has 1 aliphatic rings. The highest BCUT2D eigenvalue weighted by Gasteiger charge is 2.19. The molecule has 2 heteroatoms. The number of aryl methyl sites for hydroxylation is 1. The van der Waals surface area contributed by atoms with E-state index in [1.165, 1.54) is 16.7 Å². The fourth-order valence-electron chi connectivity index (χ4n) is 2.61. The number of para-hydroxylation sites is 1. The Morgan fingerprint density at radius 1 is 1.11 bits per heavy atom. The minimum absolute atomic E-state index is 0.219. The van der Waals surface area contributed by atoms with Crippen LogP contribution in [0, 0.1) is 6.92 Å². The zero-order valence-corrected chi connectivity index (χ0v) is 11.2. The van der Waals surface area contributed by atoms with E-state index in [9.17, 15) is 0 Å². The Bertz CT molecular complexity index is 565. The van der Waals surface area contributed by atoms with E-state index in [1.54, 1.807) is 0 Å². The van der Waals surface area contributed by atoms with Gasteiger partial charge in [-0.1, -0.05) is 48.0 Å². The van der Waals surface area contributed by atoms with Crippen LogP contribution in [0.15, 0.2) is 48.5 Å². The van der Waals surface area contributed by atoms with E-state index in [0.717, 1.165) is 25.3 Å². The van der Waals surface area contributed by atoms with Crippen molar-refractivity contribution in [2.45, 2.75) is 19.4 Å². The first kappa shape index (κ1) is 12.2. The number of nitrogens with one attached hydrogen (secondary N) is 1. The standard InChI is InChI=1S/C17H19NO/c1-13-6-4-7-14(12-13)17-15-8-2-3-9-16(15)19-11-5-10-18-17/h2-4,6-9,12,17-18H,5,10-11H2,1H3. The number of fused-ring (bicyclic) bond motifs is 1. The monoisotopic (exact) mass is 253 g/mol. The lowest BCUT2D eigenvalue weighted by Gasteiger charge is -2.25. The first-order valence-corrected chi connectivity index (χ1v) is 6.86. The van der Waals surface area contributed by atoms with Gasteiger partial charge in [0.15, 0.2) is 0 Å². The molecule has 0 bridgehead atoms. The molecule has 0 spiro atoms. The van der Waals surface area contributed by atoms with Gasteiger partial charge in [0.05, 0.1) is 12.6 Å². The van der Waals surface area contributed by atoms with Crippen LogP contribution in [0.25, 0.3) is 0 Å². The molecule has 1 heterocycles. The molecule has 1 atom stereocenters. The fourth-order valence-corrected chi connectivity index (χ4v) is 2.61. The maximum absolute atomic E-state index is 5.87. The zero-order chi connectivity index (χ0) is 13.1. The molecule has 0 saturated carbocycles. The molecule has 3 rings (SSSR count). The largest absolute Gasteiger partial charge is 0.493 e. The predicted octanol–water partition coefficient (Wildman–Crippen LogP) is 3.46. The summed E-state index contributed by atoms with van der Waals surface area (Å²) in [6.07, 6.45) is 1.04. The first-order valence-electron chi connectivity index (χ1n) is 6.86. The number of hydrogen-bond donors (Lipinski definition) is 1. The van der Waals surface area contributed by atoms with Crippen LogP contribution < -0.4 is 10.1 Å². The van der Waals surface area contributed by atoms with Crippen molar-refractivity contribution in [2.75, 3.05) is 13.2 Å². The summed E-state index contributed by atoms with van der Waals surface area (Å²) in [5.41, 5.74) is 3.82. The van der Waals surface area contributed by atoms with Crippen molar-refractivity contribution in [1.82, 2.24) is 5.32 Å². The van der Waals surface area contributed by atoms with Crippen molar-refractivity contribution in [1.29, 1.82) is 0 Å². The van der Waals surface area contributed by atoms with Gasteiger partial charge in [0.25, 0.3) is 0 Å². The lowest BCUT2D eigenvalue weighted by Crippen LogP contribution is -2.27. The summed E-state index contributed by atoms with van der Waals surface area (Å²) in [4.78, 5) is 0. The van der Waals surface area contributed by atoms with Gasteiger partial charge in [-0.15, -0.1) is 0 Å². The Balaban J connectivity index is 2.05. The Kier molecular flexibility index (Phi) is 3.51. The molecule has 0 aromatic heterocycles. The van der Waals surface area contributed by atoms with Gasteiger partial charge in [0, 0.05) is 5.56 Å². The van der Waals surface area contributed by atoms with Gasteiger partial charge in [-0.05, 0) is 31.5 Å². The highest BCUT2D eigenvalue weighted by Crippen LogP contribution is 2.31. The zero-order valence-electron chi connectivity index (χ0n) is 11.2. The summed E-state index contributed by atoms with van der Waals surface area (Å²) in [6, 6.07) is 17.2. The Morgan fingerprint density at radius 3 is 2.89 bits per heavy atom. The Labute approximate surface area is 114 Å². The minimum Gasteiger partial charge on any atom is -0.493 e. The van der Waals surface area contributed by atoms with Crippen LogP contribution in [-0.4, -0.2) is 13.2 Å². The molecule has 0 radical (unpaired) electrons. The van der Waals surface area contributed by atoms with E-state index in [0.29, 0.717) is 0 Å². The molecule has 1 N–H and O–H groups in total. The van der Waals surface area contributed by atoms with Crippen molar-refractivity contribution < 1.29 is 4.74 Å². The topological polar surface area (TPSA) is 21.3 Å². The molecule has 0 saturated heterocycles. The fraction of sp³-hybridized carbons (Fsp3) is 0.294. The summed E-state index contributed by atoms with van der Waals surface area (Å²) >= 11 is 0. The van der Waals surface area contributed by atoms with Crippen molar-refractivity contribution >= 4 is 0 Å². The summed E-state index contributed by atoms with van der Waals surface area (Å²) < 4.78 is 5.87. The van der Waals surface area contributed by atoms with E-state index >= 15 is 0 Å². The van der Waals surface area contributed by atoms with Gasteiger partial charge in [0.1, 0.15) is 5.75 Å². The lowest BCUT2D eigenvalue weighted by molar-refractivity contribution is 0.290. The molecule has 0 fully saturated rings. The third kappa shape index (κ3) is 2.64. The average molecular weight is 253 g/mol. The lowest BCUT2D eigenvalue weighted by atomic mass is 9.96. The van der Waals surface area contributed by atoms with Gasteiger partial charge < -0.3 is 10.1 Å². The van der Waals surface area contributed by atoms with Crippen molar-refractivity contribution in [3.05, 3.63) is 65.2 Å². The van der Waals surface area contributed by atoms with Crippen LogP contribution in [0.3, 0.4) is 0 Å². The molecule has 0 amide bonds. The summed E-state index contributed by atoms with van der Waals surface area (Å²) in [5, 5.41) is 3.64. The van der Waals surface area contributed by atoms with Crippen molar-refractivity contribution in [3.63, 3.8) is 0 Å². The molecule has 1 aliphatic heterocycles. The van der Waals surface area contributed by atoms with Crippen LogP contribution in [0.1, 0.15) is 29.2 Å². The average Bonchev–Trinajstić information content (AvgIpc) is 2.40. The van der Waals surface area contributed by atoms with E-state index in [2.05, 4.69) is 54.7 Å². The summed E-state index contributed by atoms with van der Waals surface area (Å²) in [5.74, 6) is 1.00. The minimum atomic E-state index is 0.219. The van der Waals surface area contributed by atoms with Crippen LogP contribution in [-0.2, 0) is 0 Å². The molecule has 98 valence electrons. The first-order chi connectivity index (χ1) is 9.34. The number of benzene rings is 2. The van der Waals surface area contributed by atoms with E-state index in [-0.39, 0.29) is 6.04 Å². The van der Waals surface area contributed by atoms with Crippen molar-refractivity contribution in [3.8, 4) is 5.75 Å². The summed E-state index contributed by atoms with van der Waals surface area (Å²) in [7, 11) is 0. The van der Waals surface area contributed by atoms with E-state index in [4.69, 9.17) is 4.74 Å². The smallest absolute Gasteiger partial charge is 0.124 e. The predicted molar refractivity (Wildman–Crippen MR) is 77.6 cm³/mol.